The second kappa shape index (κ2) is 5.38. The van der Waals surface area contributed by atoms with Gasteiger partial charge in [-0.05, 0) is 25.0 Å². The minimum atomic E-state index is -0.488. The number of aromatic amines is 1. The third-order valence-electron chi connectivity index (χ3n) is 3.50. The van der Waals surface area contributed by atoms with Crippen molar-refractivity contribution in [2.45, 2.75) is 18.9 Å². The average molecular weight is 296 g/mol. The molecular formula is C13H15ClFN5. The van der Waals surface area contributed by atoms with Crippen molar-refractivity contribution in [1.29, 1.82) is 0 Å². The first-order valence-electron chi connectivity index (χ1n) is 6.52. The van der Waals surface area contributed by atoms with Gasteiger partial charge in [0.2, 0.25) is 5.95 Å². The van der Waals surface area contributed by atoms with Crippen molar-refractivity contribution in [3.05, 3.63) is 29.0 Å². The molecule has 0 atom stereocenters. The summed E-state index contributed by atoms with van der Waals surface area (Å²) < 4.78 is 13.9. The number of piperidine rings is 1. The van der Waals surface area contributed by atoms with Crippen LogP contribution in [0, 0.1) is 5.82 Å². The van der Waals surface area contributed by atoms with Gasteiger partial charge in [-0.15, -0.1) is 5.10 Å². The number of H-pyrrole nitrogens is 1. The van der Waals surface area contributed by atoms with Crippen molar-refractivity contribution in [3.8, 4) is 11.4 Å². The minimum Gasteiger partial charge on any atom is -0.339 e. The Labute approximate surface area is 120 Å². The molecule has 20 heavy (non-hydrogen) atoms. The van der Waals surface area contributed by atoms with E-state index in [0.29, 0.717) is 17.3 Å². The molecule has 106 valence electrons. The fraction of sp³-hybridized carbons (Fsp3) is 0.385. The molecule has 1 aromatic carbocycles. The zero-order valence-electron chi connectivity index (χ0n) is 10.8. The van der Waals surface area contributed by atoms with Gasteiger partial charge in [-0.25, -0.2) is 4.39 Å². The van der Waals surface area contributed by atoms with Crippen molar-refractivity contribution in [1.82, 2.24) is 15.2 Å². The van der Waals surface area contributed by atoms with Gasteiger partial charge >= 0.3 is 0 Å². The summed E-state index contributed by atoms with van der Waals surface area (Å²) in [5, 5.41) is 6.99. The standard InChI is InChI=1S/C13H15ClFN5/c14-10-3-1-2-9(11(10)15)12-17-13(19-18-12)20-6-4-8(16)5-7-20/h1-3,8H,4-7,16H2,(H,17,18,19). The van der Waals surface area contributed by atoms with Gasteiger partial charge in [-0.3, -0.25) is 5.10 Å². The van der Waals surface area contributed by atoms with Crippen molar-refractivity contribution in [3.63, 3.8) is 0 Å². The van der Waals surface area contributed by atoms with Crippen LogP contribution < -0.4 is 10.6 Å². The minimum absolute atomic E-state index is 0.0735. The van der Waals surface area contributed by atoms with E-state index in [1.807, 2.05) is 4.90 Å². The highest BCUT2D eigenvalue weighted by molar-refractivity contribution is 6.31. The zero-order valence-corrected chi connectivity index (χ0v) is 11.6. The number of hydrogen-bond donors (Lipinski definition) is 2. The highest BCUT2D eigenvalue weighted by Crippen LogP contribution is 2.26. The molecule has 1 aliphatic rings. The SMILES string of the molecule is NC1CCN(c2n[nH]c(-c3cccc(Cl)c3F)n2)CC1. The first-order valence-corrected chi connectivity index (χ1v) is 6.90. The van der Waals surface area contributed by atoms with Crippen LogP contribution in [0.2, 0.25) is 5.02 Å². The Bertz CT molecular complexity index is 607. The molecule has 1 fully saturated rings. The van der Waals surface area contributed by atoms with Gasteiger partial charge in [-0.1, -0.05) is 17.7 Å². The first-order chi connectivity index (χ1) is 9.65. The Balaban J connectivity index is 1.85. The Morgan fingerprint density at radius 3 is 2.85 bits per heavy atom. The summed E-state index contributed by atoms with van der Waals surface area (Å²) in [5.41, 5.74) is 6.19. The summed E-state index contributed by atoms with van der Waals surface area (Å²) >= 11 is 5.77. The van der Waals surface area contributed by atoms with Crippen LogP contribution in [0.25, 0.3) is 11.4 Å². The number of hydrogen-bond acceptors (Lipinski definition) is 4. The monoisotopic (exact) mass is 295 g/mol. The topological polar surface area (TPSA) is 70.8 Å². The molecule has 0 aliphatic carbocycles. The maximum Gasteiger partial charge on any atom is 0.245 e. The number of nitrogens with one attached hydrogen (secondary N) is 1. The van der Waals surface area contributed by atoms with Crippen LogP contribution >= 0.6 is 11.6 Å². The first kappa shape index (κ1) is 13.3. The number of benzene rings is 1. The lowest BCUT2D eigenvalue weighted by molar-refractivity contribution is 0.496. The smallest absolute Gasteiger partial charge is 0.245 e. The van der Waals surface area contributed by atoms with Gasteiger partial charge in [0, 0.05) is 19.1 Å². The summed E-state index contributed by atoms with van der Waals surface area (Å²) in [6, 6.07) is 5.06. The number of nitrogens with zero attached hydrogens (tertiary/aromatic N) is 3. The average Bonchev–Trinajstić information content (AvgIpc) is 2.92. The van der Waals surface area contributed by atoms with E-state index >= 15 is 0 Å². The predicted molar refractivity (Wildman–Crippen MR) is 76.2 cm³/mol. The molecule has 1 aromatic heterocycles. The summed E-state index contributed by atoms with van der Waals surface area (Å²) in [4.78, 5) is 6.40. The quantitative estimate of drug-likeness (QED) is 0.891. The maximum atomic E-state index is 13.9. The van der Waals surface area contributed by atoms with E-state index < -0.39 is 5.82 Å². The Morgan fingerprint density at radius 2 is 2.10 bits per heavy atom. The lowest BCUT2D eigenvalue weighted by Crippen LogP contribution is -2.40. The van der Waals surface area contributed by atoms with E-state index in [1.165, 1.54) is 6.07 Å². The van der Waals surface area contributed by atoms with E-state index in [0.717, 1.165) is 25.9 Å². The molecule has 2 aromatic rings. The molecular weight excluding hydrogens is 281 g/mol. The molecule has 0 spiro atoms. The number of nitrogens with two attached hydrogens (primary N) is 1. The number of aromatic nitrogens is 3. The van der Waals surface area contributed by atoms with E-state index in [-0.39, 0.29) is 11.1 Å². The van der Waals surface area contributed by atoms with Crippen LogP contribution in [-0.2, 0) is 0 Å². The predicted octanol–water partition coefficient (Wildman–Crippen LogP) is 2.19. The molecule has 5 nitrogen and oxygen atoms in total. The third kappa shape index (κ3) is 2.48. The van der Waals surface area contributed by atoms with E-state index in [1.54, 1.807) is 12.1 Å². The molecule has 0 bridgehead atoms. The van der Waals surface area contributed by atoms with Crippen LogP contribution in [-0.4, -0.2) is 34.3 Å². The van der Waals surface area contributed by atoms with E-state index in [2.05, 4.69) is 15.2 Å². The van der Waals surface area contributed by atoms with Crippen LogP contribution in [0.3, 0.4) is 0 Å². The largest absolute Gasteiger partial charge is 0.339 e. The molecule has 2 heterocycles. The van der Waals surface area contributed by atoms with Gasteiger partial charge in [-0.2, -0.15) is 4.98 Å². The molecule has 7 heteroatoms. The zero-order chi connectivity index (χ0) is 14.1. The van der Waals surface area contributed by atoms with E-state index in [4.69, 9.17) is 17.3 Å². The van der Waals surface area contributed by atoms with E-state index in [9.17, 15) is 4.39 Å². The van der Waals surface area contributed by atoms with Crippen LogP contribution in [0.5, 0.6) is 0 Å². The molecule has 3 N–H and O–H groups in total. The van der Waals surface area contributed by atoms with Crippen LogP contribution in [0.4, 0.5) is 10.3 Å². The number of anilines is 1. The maximum absolute atomic E-state index is 13.9. The second-order valence-corrected chi connectivity index (χ2v) is 5.32. The lowest BCUT2D eigenvalue weighted by atomic mass is 10.1. The fourth-order valence-corrected chi connectivity index (χ4v) is 2.48. The van der Waals surface area contributed by atoms with Gasteiger partial charge in [0.05, 0.1) is 10.6 Å². The van der Waals surface area contributed by atoms with Crippen molar-refractivity contribution in [2.75, 3.05) is 18.0 Å². The third-order valence-corrected chi connectivity index (χ3v) is 3.79. The normalized spacial score (nSPS) is 16.6. The molecule has 0 unspecified atom stereocenters. The van der Waals surface area contributed by atoms with Crippen molar-refractivity contribution >= 4 is 17.5 Å². The lowest BCUT2D eigenvalue weighted by Gasteiger charge is -2.28. The molecule has 0 saturated carbocycles. The fourth-order valence-electron chi connectivity index (χ4n) is 2.30. The van der Waals surface area contributed by atoms with Crippen LogP contribution in [0.1, 0.15) is 12.8 Å². The molecule has 3 rings (SSSR count). The second-order valence-electron chi connectivity index (χ2n) is 4.91. The molecule has 1 saturated heterocycles. The van der Waals surface area contributed by atoms with Crippen molar-refractivity contribution in [2.24, 2.45) is 5.73 Å². The van der Waals surface area contributed by atoms with Gasteiger partial charge in [0.1, 0.15) is 0 Å². The van der Waals surface area contributed by atoms with Gasteiger partial charge in [0.25, 0.3) is 0 Å². The Kier molecular flexibility index (Phi) is 3.58. The summed E-state index contributed by atoms with van der Waals surface area (Å²) in [6.07, 6.45) is 1.82. The van der Waals surface area contributed by atoms with Crippen molar-refractivity contribution < 1.29 is 4.39 Å². The number of halogens is 2. The summed E-state index contributed by atoms with van der Waals surface area (Å²) in [5.74, 6) is 0.471. The molecule has 0 amide bonds. The summed E-state index contributed by atoms with van der Waals surface area (Å²) in [7, 11) is 0. The number of rotatable bonds is 2. The van der Waals surface area contributed by atoms with Gasteiger partial charge < -0.3 is 10.6 Å². The summed E-state index contributed by atoms with van der Waals surface area (Å²) in [6.45, 7) is 1.63. The molecule has 1 aliphatic heterocycles. The molecule has 0 radical (unpaired) electrons. The Hall–Kier alpha value is -1.66. The van der Waals surface area contributed by atoms with Crippen LogP contribution in [0.15, 0.2) is 18.2 Å². The highest BCUT2D eigenvalue weighted by atomic mass is 35.5. The van der Waals surface area contributed by atoms with Gasteiger partial charge in [0.15, 0.2) is 11.6 Å². The highest BCUT2D eigenvalue weighted by Gasteiger charge is 2.20. The Morgan fingerprint density at radius 1 is 1.35 bits per heavy atom.